The Balaban J connectivity index is 2.34. The van der Waals surface area contributed by atoms with E-state index >= 15 is 0 Å². The maximum atomic E-state index is 6.22. The lowest BCUT2D eigenvalue weighted by atomic mass is 10.0. The van der Waals surface area contributed by atoms with Crippen LogP contribution in [0.15, 0.2) is 54.6 Å². The van der Waals surface area contributed by atoms with E-state index in [1.165, 1.54) is 0 Å². The average Bonchev–Trinajstić information content (AvgIpc) is 2.44. The first-order valence-corrected chi connectivity index (χ1v) is 5.97. The Kier molecular flexibility index (Phi) is 2.49. The summed E-state index contributed by atoms with van der Waals surface area (Å²) in [5, 5.41) is 1.02. The van der Waals surface area contributed by atoms with Crippen molar-refractivity contribution in [1.29, 1.82) is 0 Å². The molecule has 2 nitrogen and oxygen atoms in total. The molecule has 1 heterocycles. The molecule has 0 fully saturated rings. The van der Waals surface area contributed by atoms with Crippen molar-refractivity contribution in [3.63, 3.8) is 0 Å². The lowest BCUT2D eigenvalue weighted by molar-refractivity contribution is 1.33. The molecular weight excluding hydrogens is 220 g/mol. The molecule has 0 saturated carbocycles. The topological polar surface area (TPSA) is 38.9 Å². The summed E-state index contributed by atoms with van der Waals surface area (Å²) in [4.78, 5) is 4.73. The number of rotatable bonds is 1. The zero-order valence-electron chi connectivity index (χ0n) is 10.2. The molecule has 2 N–H and O–H groups in total. The number of anilines is 1. The zero-order valence-corrected chi connectivity index (χ0v) is 10.2. The summed E-state index contributed by atoms with van der Waals surface area (Å²) in [7, 11) is 0. The number of para-hydroxylation sites is 1. The van der Waals surface area contributed by atoms with Gasteiger partial charge < -0.3 is 5.73 Å². The van der Waals surface area contributed by atoms with Crippen LogP contribution in [0.5, 0.6) is 0 Å². The summed E-state index contributed by atoms with van der Waals surface area (Å²) < 4.78 is 0. The van der Waals surface area contributed by atoms with Crippen LogP contribution in [0.1, 0.15) is 5.56 Å². The van der Waals surface area contributed by atoms with Gasteiger partial charge in [0.15, 0.2) is 0 Å². The second-order valence-corrected chi connectivity index (χ2v) is 4.38. The van der Waals surface area contributed by atoms with E-state index in [1.54, 1.807) is 0 Å². The zero-order chi connectivity index (χ0) is 12.5. The van der Waals surface area contributed by atoms with Gasteiger partial charge in [0, 0.05) is 16.6 Å². The van der Waals surface area contributed by atoms with Gasteiger partial charge >= 0.3 is 0 Å². The van der Waals surface area contributed by atoms with Gasteiger partial charge in [0.1, 0.15) is 0 Å². The van der Waals surface area contributed by atoms with E-state index < -0.39 is 0 Å². The highest BCUT2D eigenvalue weighted by atomic mass is 14.7. The normalized spacial score (nSPS) is 10.7. The Morgan fingerprint density at radius 3 is 2.33 bits per heavy atom. The first-order chi connectivity index (χ1) is 8.77. The summed E-state index contributed by atoms with van der Waals surface area (Å²) in [6.45, 7) is 2.02. The smallest absolute Gasteiger partial charge is 0.0759 e. The quantitative estimate of drug-likeness (QED) is 0.695. The summed E-state index contributed by atoms with van der Waals surface area (Å²) in [5.74, 6) is 0. The van der Waals surface area contributed by atoms with Crippen LogP contribution in [0.2, 0.25) is 0 Å². The van der Waals surface area contributed by atoms with Crippen LogP contribution >= 0.6 is 0 Å². The summed E-state index contributed by atoms with van der Waals surface area (Å²) in [6.07, 6.45) is 0. The Labute approximate surface area is 106 Å². The van der Waals surface area contributed by atoms with E-state index in [4.69, 9.17) is 10.7 Å². The van der Waals surface area contributed by atoms with E-state index in [0.717, 1.165) is 33.4 Å². The largest absolute Gasteiger partial charge is 0.398 e. The Bertz CT molecular complexity index is 703. The summed E-state index contributed by atoms with van der Waals surface area (Å²) >= 11 is 0. The highest BCUT2D eigenvalue weighted by Gasteiger charge is 2.10. The van der Waals surface area contributed by atoms with E-state index in [9.17, 15) is 0 Å². The monoisotopic (exact) mass is 234 g/mol. The highest BCUT2D eigenvalue weighted by molar-refractivity contribution is 5.94. The van der Waals surface area contributed by atoms with Crippen molar-refractivity contribution in [2.24, 2.45) is 0 Å². The Morgan fingerprint density at radius 1 is 0.889 bits per heavy atom. The lowest BCUT2D eigenvalue weighted by Gasteiger charge is -2.11. The van der Waals surface area contributed by atoms with Crippen LogP contribution in [-0.4, -0.2) is 4.98 Å². The molecule has 1 aromatic heterocycles. The number of hydrogen-bond donors (Lipinski definition) is 1. The van der Waals surface area contributed by atoms with Gasteiger partial charge in [-0.15, -0.1) is 0 Å². The predicted molar refractivity (Wildman–Crippen MR) is 76.3 cm³/mol. The van der Waals surface area contributed by atoms with Gasteiger partial charge in [-0.1, -0.05) is 48.5 Å². The molecule has 0 aliphatic heterocycles. The van der Waals surface area contributed by atoms with Crippen LogP contribution in [0.3, 0.4) is 0 Å². The molecule has 0 saturated heterocycles. The van der Waals surface area contributed by atoms with Crippen LogP contribution in [0.4, 0.5) is 5.69 Å². The number of hydrogen-bond acceptors (Lipinski definition) is 2. The van der Waals surface area contributed by atoms with Crippen molar-refractivity contribution >= 4 is 16.6 Å². The number of nitrogens with zero attached hydrogens (tertiary/aromatic N) is 1. The van der Waals surface area contributed by atoms with Crippen molar-refractivity contribution in [2.75, 3.05) is 5.73 Å². The molecule has 2 heteroatoms. The molecule has 0 amide bonds. The minimum atomic E-state index is 0.819. The highest BCUT2D eigenvalue weighted by Crippen LogP contribution is 2.30. The summed E-state index contributed by atoms with van der Waals surface area (Å²) in [6, 6.07) is 18.1. The number of nitrogens with two attached hydrogens (primary N) is 1. The second-order valence-electron chi connectivity index (χ2n) is 4.38. The SMILES string of the molecule is Cc1c(-c2ccccc2)nc2ccccc2c1N. The molecule has 3 aromatic rings. The van der Waals surface area contributed by atoms with Crippen LogP contribution in [0, 0.1) is 6.92 Å². The molecule has 0 bridgehead atoms. The van der Waals surface area contributed by atoms with Crippen molar-refractivity contribution in [2.45, 2.75) is 6.92 Å². The molecule has 88 valence electrons. The Morgan fingerprint density at radius 2 is 1.56 bits per heavy atom. The molecule has 0 spiro atoms. The number of fused-ring (bicyclic) bond motifs is 1. The number of aromatic nitrogens is 1. The minimum Gasteiger partial charge on any atom is -0.398 e. The van der Waals surface area contributed by atoms with Crippen molar-refractivity contribution in [3.8, 4) is 11.3 Å². The molecular formula is C16H14N2. The van der Waals surface area contributed by atoms with Crippen molar-refractivity contribution in [1.82, 2.24) is 4.98 Å². The number of nitrogen functional groups attached to an aromatic ring is 1. The second kappa shape index (κ2) is 4.15. The van der Waals surface area contributed by atoms with Gasteiger partial charge in [0.2, 0.25) is 0 Å². The first-order valence-electron chi connectivity index (χ1n) is 5.97. The molecule has 3 rings (SSSR count). The summed E-state index contributed by atoms with van der Waals surface area (Å²) in [5.41, 5.74) is 11.1. The van der Waals surface area contributed by atoms with E-state index in [0.29, 0.717) is 0 Å². The van der Waals surface area contributed by atoms with Crippen molar-refractivity contribution < 1.29 is 0 Å². The fraction of sp³-hybridized carbons (Fsp3) is 0.0625. The van der Waals surface area contributed by atoms with Gasteiger partial charge in [-0.2, -0.15) is 0 Å². The predicted octanol–water partition coefficient (Wildman–Crippen LogP) is 3.79. The van der Waals surface area contributed by atoms with Gasteiger partial charge in [-0.3, -0.25) is 0 Å². The van der Waals surface area contributed by atoms with Crippen LogP contribution < -0.4 is 5.73 Å². The van der Waals surface area contributed by atoms with Crippen molar-refractivity contribution in [3.05, 3.63) is 60.2 Å². The molecule has 18 heavy (non-hydrogen) atoms. The fourth-order valence-corrected chi connectivity index (χ4v) is 2.21. The lowest BCUT2D eigenvalue weighted by Crippen LogP contribution is -1.97. The first kappa shape index (κ1) is 10.8. The third-order valence-corrected chi connectivity index (χ3v) is 3.23. The minimum absolute atomic E-state index is 0.819. The molecule has 0 atom stereocenters. The molecule has 0 aliphatic carbocycles. The van der Waals surface area contributed by atoms with E-state index in [2.05, 4.69) is 12.1 Å². The molecule has 2 aromatic carbocycles. The van der Waals surface area contributed by atoms with Gasteiger partial charge in [0.05, 0.1) is 11.2 Å². The standard InChI is InChI=1S/C16H14N2/c1-11-15(17)13-9-5-6-10-14(13)18-16(11)12-7-3-2-4-8-12/h2-10H,1H3,(H2,17,18). The van der Waals surface area contributed by atoms with Crippen LogP contribution in [0.25, 0.3) is 22.2 Å². The van der Waals surface area contributed by atoms with Crippen LogP contribution in [-0.2, 0) is 0 Å². The number of pyridine rings is 1. The maximum absolute atomic E-state index is 6.22. The Hall–Kier alpha value is -2.35. The van der Waals surface area contributed by atoms with Gasteiger partial charge in [0.25, 0.3) is 0 Å². The van der Waals surface area contributed by atoms with Gasteiger partial charge in [-0.25, -0.2) is 4.98 Å². The molecule has 0 unspecified atom stereocenters. The van der Waals surface area contributed by atoms with E-state index in [-0.39, 0.29) is 0 Å². The molecule has 0 aliphatic rings. The molecule has 0 radical (unpaired) electrons. The third-order valence-electron chi connectivity index (χ3n) is 3.23. The third kappa shape index (κ3) is 1.63. The average molecular weight is 234 g/mol. The number of benzene rings is 2. The maximum Gasteiger partial charge on any atom is 0.0759 e. The van der Waals surface area contributed by atoms with E-state index in [1.807, 2.05) is 49.4 Å². The van der Waals surface area contributed by atoms with Gasteiger partial charge in [-0.05, 0) is 18.6 Å². The fourth-order valence-electron chi connectivity index (χ4n) is 2.21.